The number of piperidine rings is 1. The number of aryl methyl sites for hydroxylation is 1. The smallest absolute Gasteiger partial charge is 0.247 e. The average Bonchev–Trinajstić information content (AvgIpc) is 2.91. The quantitative estimate of drug-likeness (QED) is 0.751. The molecule has 25 heavy (non-hydrogen) atoms. The largest absolute Gasteiger partial charge is 0.350 e. The Morgan fingerprint density at radius 1 is 1.32 bits per heavy atom. The summed E-state index contributed by atoms with van der Waals surface area (Å²) < 4.78 is 29.1. The first-order chi connectivity index (χ1) is 11.9. The zero-order valence-corrected chi connectivity index (χ0v) is 15.0. The van der Waals surface area contributed by atoms with Crippen molar-refractivity contribution in [1.29, 1.82) is 0 Å². The van der Waals surface area contributed by atoms with Gasteiger partial charge in [-0.05, 0) is 25.0 Å². The molecule has 1 aromatic heterocycles. The molecule has 1 aliphatic rings. The van der Waals surface area contributed by atoms with Gasteiger partial charge in [0.2, 0.25) is 10.0 Å². The standard InChI is InChI=1S/C17H22N4O3S/c1-3-12-25(23,24)20-11-7-8-14(13-20)16-18-19(2)17(22)21(16)15-9-5-4-6-10-15/h3-6,9-10,14H,1,7-8,11-13H2,2H3. The molecule has 1 atom stereocenters. The number of aromatic nitrogens is 3. The van der Waals surface area contributed by atoms with Crippen LogP contribution in [-0.4, -0.2) is 45.9 Å². The highest BCUT2D eigenvalue weighted by atomic mass is 32.2. The van der Waals surface area contributed by atoms with Crippen molar-refractivity contribution in [1.82, 2.24) is 18.7 Å². The lowest BCUT2D eigenvalue weighted by Gasteiger charge is -2.31. The number of nitrogens with zero attached hydrogens (tertiary/aromatic N) is 4. The van der Waals surface area contributed by atoms with Gasteiger partial charge in [0.1, 0.15) is 5.82 Å². The molecular formula is C17H22N4O3S. The van der Waals surface area contributed by atoms with E-state index in [-0.39, 0.29) is 17.4 Å². The molecule has 0 spiro atoms. The highest BCUT2D eigenvalue weighted by Gasteiger charge is 2.32. The number of benzene rings is 1. The Kier molecular flexibility index (Phi) is 4.91. The van der Waals surface area contributed by atoms with E-state index in [9.17, 15) is 13.2 Å². The van der Waals surface area contributed by atoms with Gasteiger partial charge in [0.05, 0.1) is 11.4 Å². The lowest BCUT2D eigenvalue weighted by Crippen LogP contribution is -2.40. The van der Waals surface area contributed by atoms with E-state index in [0.29, 0.717) is 18.9 Å². The van der Waals surface area contributed by atoms with E-state index in [1.807, 2.05) is 30.3 Å². The average molecular weight is 362 g/mol. The molecule has 0 saturated carbocycles. The molecule has 0 bridgehead atoms. The summed E-state index contributed by atoms with van der Waals surface area (Å²) in [5.41, 5.74) is 0.508. The fourth-order valence-electron chi connectivity index (χ4n) is 3.23. The van der Waals surface area contributed by atoms with Gasteiger partial charge in [-0.2, -0.15) is 5.10 Å². The van der Waals surface area contributed by atoms with Crippen LogP contribution in [-0.2, 0) is 17.1 Å². The highest BCUT2D eigenvalue weighted by Crippen LogP contribution is 2.28. The molecular weight excluding hydrogens is 340 g/mol. The Labute approximate surface area is 147 Å². The molecule has 1 aliphatic heterocycles. The van der Waals surface area contributed by atoms with Crippen LogP contribution in [0.4, 0.5) is 0 Å². The number of para-hydroxylation sites is 1. The predicted octanol–water partition coefficient (Wildman–Crippen LogP) is 1.27. The number of hydrogen-bond donors (Lipinski definition) is 0. The summed E-state index contributed by atoms with van der Waals surface area (Å²) in [4.78, 5) is 12.5. The number of hydrogen-bond acceptors (Lipinski definition) is 4. The van der Waals surface area contributed by atoms with Crippen molar-refractivity contribution < 1.29 is 8.42 Å². The molecule has 1 fully saturated rings. The van der Waals surface area contributed by atoms with Crippen molar-refractivity contribution in [2.45, 2.75) is 18.8 Å². The van der Waals surface area contributed by atoms with E-state index < -0.39 is 10.0 Å². The molecule has 1 unspecified atom stereocenters. The third-order valence-corrected chi connectivity index (χ3v) is 6.21. The van der Waals surface area contributed by atoms with E-state index in [1.54, 1.807) is 11.6 Å². The summed E-state index contributed by atoms with van der Waals surface area (Å²) in [6.07, 6.45) is 2.93. The van der Waals surface area contributed by atoms with Crippen LogP contribution in [0.5, 0.6) is 0 Å². The SMILES string of the molecule is C=CCS(=O)(=O)N1CCCC(c2nn(C)c(=O)n2-c2ccccc2)C1. The summed E-state index contributed by atoms with van der Waals surface area (Å²) in [7, 11) is -1.75. The fraction of sp³-hybridized carbons (Fsp3) is 0.412. The van der Waals surface area contributed by atoms with Gasteiger partial charge in [-0.3, -0.25) is 0 Å². The molecule has 0 aliphatic carbocycles. The normalized spacial score (nSPS) is 19.0. The second-order valence-corrected chi connectivity index (χ2v) is 8.21. The minimum Gasteiger partial charge on any atom is -0.247 e. The van der Waals surface area contributed by atoms with Crippen LogP contribution in [0.15, 0.2) is 47.8 Å². The van der Waals surface area contributed by atoms with Crippen LogP contribution >= 0.6 is 0 Å². The first-order valence-electron chi connectivity index (χ1n) is 8.24. The number of rotatable bonds is 5. The Bertz CT molecular complexity index is 915. The third kappa shape index (κ3) is 3.45. The molecule has 0 amide bonds. The Balaban J connectivity index is 1.99. The first-order valence-corrected chi connectivity index (χ1v) is 9.85. The van der Waals surface area contributed by atoms with Gasteiger partial charge < -0.3 is 0 Å². The van der Waals surface area contributed by atoms with Crippen molar-refractivity contribution in [3.63, 3.8) is 0 Å². The molecule has 2 heterocycles. The van der Waals surface area contributed by atoms with E-state index >= 15 is 0 Å². The highest BCUT2D eigenvalue weighted by molar-refractivity contribution is 7.89. The van der Waals surface area contributed by atoms with E-state index in [1.165, 1.54) is 15.1 Å². The third-order valence-electron chi connectivity index (χ3n) is 4.44. The monoisotopic (exact) mass is 362 g/mol. The van der Waals surface area contributed by atoms with Gasteiger partial charge in [-0.25, -0.2) is 26.8 Å². The summed E-state index contributed by atoms with van der Waals surface area (Å²) in [6, 6.07) is 9.30. The van der Waals surface area contributed by atoms with Crippen molar-refractivity contribution in [3.05, 3.63) is 59.3 Å². The van der Waals surface area contributed by atoms with Crippen molar-refractivity contribution in [3.8, 4) is 5.69 Å². The van der Waals surface area contributed by atoms with Crippen LogP contribution in [0.2, 0.25) is 0 Å². The molecule has 7 nitrogen and oxygen atoms in total. The maximum atomic E-state index is 12.5. The minimum atomic E-state index is -3.36. The second-order valence-electron chi connectivity index (χ2n) is 6.20. The van der Waals surface area contributed by atoms with Gasteiger partial charge in [0, 0.05) is 26.1 Å². The van der Waals surface area contributed by atoms with Crippen molar-refractivity contribution in [2.75, 3.05) is 18.8 Å². The van der Waals surface area contributed by atoms with E-state index in [4.69, 9.17) is 0 Å². The molecule has 1 aromatic carbocycles. The second kappa shape index (κ2) is 6.97. The van der Waals surface area contributed by atoms with Crippen LogP contribution in [0.3, 0.4) is 0 Å². The number of sulfonamides is 1. The van der Waals surface area contributed by atoms with Crippen molar-refractivity contribution in [2.24, 2.45) is 7.05 Å². The topological polar surface area (TPSA) is 77.2 Å². The van der Waals surface area contributed by atoms with Gasteiger partial charge in [0.25, 0.3) is 0 Å². The molecule has 0 radical (unpaired) electrons. The molecule has 2 aromatic rings. The molecule has 3 rings (SSSR count). The van der Waals surface area contributed by atoms with E-state index in [2.05, 4.69) is 11.7 Å². The predicted molar refractivity (Wildman–Crippen MR) is 96.3 cm³/mol. The molecule has 8 heteroatoms. The van der Waals surface area contributed by atoms with Gasteiger partial charge in [-0.1, -0.05) is 24.3 Å². The zero-order valence-electron chi connectivity index (χ0n) is 14.2. The summed E-state index contributed by atoms with van der Waals surface area (Å²) >= 11 is 0. The maximum absolute atomic E-state index is 12.5. The molecule has 0 N–H and O–H groups in total. The summed E-state index contributed by atoms with van der Waals surface area (Å²) in [5, 5.41) is 4.40. The minimum absolute atomic E-state index is 0.0760. The summed E-state index contributed by atoms with van der Waals surface area (Å²) in [6.45, 7) is 4.35. The van der Waals surface area contributed by atoms with Crippen LogP contribution < -0.4 is 5.69 Å². The summed E-state index contributed by atoms with van der Waals surface area (Å²) in [5.74, 6) is 0.410. The molecule has 134 valence electrons. The van der Waals surface area contributed by atoms with Crippen LogP contribution in [0, 0.1) is 0 Å². The first kappa shape index (κ1) is 17.6. The Morgan fingerprint density at radius 2 is 2.04 bits per heavy atom. The van der Waals surface area contributed by atoms with Crippen molar-refractivity contribution >= 4 is 10.0 Å². The zero-order chi connectivity index (χ0) is 18.0. The van der Waals surface area contributed by atoms with Gasteiger partial charge in [0.15, 0.2) is 0 Å². The lowest BCUT2D eigenvalue weighted by atomic mass is 9.98. The van der Waals surface area contributed by atoms with Crippen LogP contribution in [0.1, 0.15) is 24.6 Å². The molecule has 1 saturated heterocycles. The van der Waals surface area contributed by atoms with Gasteiger partial charge >= 0.3 is 5.69 Å². The van der Waals surface area contributed by atoms with E-state index in [0.717, 1.165) is 18.5 Å². The Morgan fingerprint density at radius 3 is 2.72 bits per heavy atom. The van der Waals surface area contributed by atoms with Gasteiger partial charge in [-0.15, -0.1) is 6.58 Å². The van der Waals surface area contributed by atoms with Crippen LogP contribution in [0.25, 0.3) is 5.69 Å². The maximum Gasteiger partial charge on any atom is 0.350 e. The fourth-order valence-corrected chi connectivity index (χ4v) is 4.55. The Hall–Kier alpha value is -2.19. The lowest BCUT2D eigenvalue weighted by molar-refractivity contribution is 0.307.